The molecule has 0 saturated carbocycles. The first-order chi connectivity index (χ1) is 10.7. The number of thioether (sulfide) groups is 1. The second kappa shape index (κ2) is 7.42. The number of hydrogen-bond acceptors (Lipinski definition) is 7. The van der Waals surface area contributed by atoms with Crippen LogP contribution >= 0.6 is 11.8 Å². The predicted molar refractivity (Wildman–Crippen MR) is 82.6 cm³/mol. The molecule has 2 rings (SSSR count). The van der Waals surface area contributed by atoms with Crippen LogP contribution in [0, 0.1) is 11.5 Å². The third-order valence-corrected chi connectivity index (χ3v) is 3.16. The molecular formula is C13H14N4O4S. The molecule has 0 spiro atoms. The van der Waals surface area contributed by atoms with Crippen LogP contribution in [0.4, 0.5) is 16.2 Å². The van der Waals surface area contributed by atoms with Gasteiger partial charge in [0.1, 0.15) is 0 Å². The largest absolute Gasteiger partial charge is 0.454 e. The smallest absolute Gasteiger partial charge is 0.411 e. The number of nitrogens with zero attached hydrogens (tertiary/aromatic N) is 2. The van der Waals surface area contributed by atoms with Crippen molar-refractivity contribution in [3.63, 3.8) is 0 Å². The summed E-state index contributed by atoms with van der Waals surface area (Å²) in [5.74, 6) is 1.02. The van der Waals surface area contributed by atoms with Gasteiger partial charge in [0.2, 0.25) is 6.79 Å². The number of rotatable bonds is 3. The van der Waals surface area contributed by atoms with Crippen molar-refractivity contribution in [1.29, 1.82) is 5.26 Å². The highest BCUT2D eigenvalue weighted by Gasteiger charge is 2.19. The Hall–Kier alpha value is -2.60. The zero-order valence-electron chi connectivity index (χ0n) is 12.0. The highest BCUT2D eigenvalue weighted by Crippen LogP contribution is 2.41. The standard InChI is InChI=1S/C13H14N4O4S/c1-3-19-13(18)17-9-5-11-10(20-7-21-11)4-8(9)16-12(22-2)15-6-14/h4-5H,3,7H2,1-2H3,(H,15,16)(H,17,18). The highest BCUT2D eigenvalue weighted by molar-refractivity contribution is 8.13. The molecule has 0 atom stereocenters. The summed E-state index contributed by atoms with van der Waals surface area (Å²) in [6, 6.07) is 3.22. The molecule has 0 aromatic heterocycles. The van der Waals surface area contributed by atoms with Gasteiger partial charge >= 0.3 is 6.09 Å². The Balaban J connectivity index is 2.37. The summed E-state index contributed by atoms with van der Waals surface area (Å²) in [7, 11) is 0. The maximum Gasteiger partial charge on any atom is 0.411 e. The van der Waals surface area contributed by atoms with Crippen molar-refractivity contribution in [2.45, 2.75) is 6.92 Å². The Morgan fingerprint density at radius 3 is 2.86 bits per heavy atom. The molecule has 1 aromatic rings. The summed E-state index contributed by atoms with van der Waals surface area (Å²) in [4.78, 5) is 15.9. The molecule has 1 aliphatic rings. The van der Waals surface area contributed by atoms with Gasteiger partial charge in [-0.25, -0.2) is 9.79 Å². The summed E-state index contributed by atoms with van der Waals surface area (Å²) in [6.45, 7) is 2.06. The molecule has 1 amide bonds. The fourth-order valence-corrected chi connectivity index (χ4v) is 2.02. The Bertz CT molecular complexity index is 642. The van der Waals surface area contributed by atoms with Crippen LogP contribution < -0.4 is 20.1 Å². The van der Waals surface area contributed by atoms with Gasteiger partial charge in [0.15, 0.2) is 22.9 Å². The van der Waals surface area contributed by atoms with Gasteiger partial charge < -0.3 is 14.2 Å². The maximum absolute atomic E-state index is 11.6. The molecular weight excluding hydrogens is 308 g/mol. The van der Waals surface area contributed by atoms with Crippen LogP contribution in [0.1, 0.15) is 6.92 Å². The van der Waals surface area contributed by atoms with E-state index in [0.717, 1.165) is 0 Å². The quantitative estimate of drug-likeness (QED) is 0.381. The number of hydrogen-bond donors (Lipinski definition) is 2. The summed E-state index contributed by atoms with van der Waals surface area (Å²) < 4.78 is 15.4. The molecule has 1 heterocycles. The normalized spacial score (nSPS) is 12.5. The van der Waals surface area contributed by atoms with E-state index in [1.54, 1.807) is 31.5 Å². The third-order valence-electron chi connectivity index (χ3n) is 2.58. The number of ether oxygens (including phenoxy) is 3. The van der Waals surface area contributed by atoms with E-state index in [1.165, 1.54) is 11.8 Å². The monoisotopic (exact) mass is 322 g/mol. The Kier molecular flexibility index (Phi) is 5.32. The van der Waals surface area contributed by atoms with E-state index in [-0.39, 0.29) is 13.4 Å². The molecule has 22 heavy (non-hydrogen) atoms. The Labute approximate surface area is 131 Å². The van der Waals surface area contributed by atoms with Crippen LogP contribution in [0.3, 0.4) is 0 Å². The van der Waals surface area contributed by atoms with Crippen LogP contribution in [0.25, 0.3) is 0 Å². The SMILES string of the molecule is CCOC(=O)Nc1cc2c(cc1N=C(NC#N)SC)OCO2. The van der Waals surface area contributed by atoms with Crippen LogP contribution in [0.5, 0.6) is 11.5 Å². The van der Waals surface area contributed by atoms with Gasteiger partial charge in [0.05, 0.1) is 18.0 Å². The molecule has 9 heteroatoms. The summed E-state index contributed by atoms with van der Waals surface area (Å²) in [5, 5.41) is 14.1. The van der Waals surface area contributed by atoms with E-state index in [0.29, 0.717) is 28.0 Å². The molecule has 8 nitrogen and oxygen atoms in total. The van der Waals surface area contributed by atoms with Gasteiger partial charge in [-0.1, -0.05) is 11.8 Å². The minimum absolute atomic E-state index is 0.104. The molecule has 0 saturated heterocycles. The number of carbonyl (C=O) groups is 1. The van der Waals surface area contributed by atoms with Crippen molar-refractivity contribution in [2.24, 2.45) is 4.99 Å². The van der Waals surface area contributed by atoms with Gasteiger partial charge in [-0.3, -0.25) is 10.6 Å². The summed E-state index contributed by atoms with van der Waals surface area (Å²) >= 11 is 1.26. The van der Waals surface area contributed by atoms with Crippen LogP contribution in [0.2, 0.25) is 0 Å². The second-order valence-electron chi connectivity index (χ2n) is 3.93. The first-order valence-electron chi connectivity index (χ1n) is 6.33. The lowest BCUT2D eigenvalue weighted by molar-refractivity contribution is 0.168. The highest BCUT2D eigenvalue weighted by atomic mass is 32.2. The third kappa shape index (κ3) is 3.73. The number of nitrogens with one attached hydrogen (secondary N) is 2. The van der Waals surface area contributed by atoms with Crippen molar-refractivity contribution in [3.8, 4) is 17.7 Å². The minimum Gasteiger partial charge on any atom is -0.454 e. The summed E-state index contributed by atoms with van der Waals surface area (Å²) in [6.07, 6.45) is 2.97. The topological polar surface area (TPSA) is 105 Å². The van der Waals surface area contributed by atoms with Gasteiger partial charge in [-0.05, 0) is 13.2 Å². The van der Waals surface area contributed by atoms with Crippen molar-refractivity contribution < 1.29 is 19.0 Å². The number of amidine groups is 1. The first kappa shape index (κ1) is 15.8. The number of nitriles is 1. The number of amides is 1. The van der Waals surface area contributed by atoms with Crippen LogP contribution in [0.15, 0.2) is 17.1 Å². The maximum atomic E-state index is 11.6. The second-order valence-corrected chi connectivity index (χ2v) is 4.72. The lowest BCUT2D eigenvalue weighted by atomic mass is 10.2. The van der Waals surface area contributed by atoms with Gasteiger partial charge in [-0.15, -0.1) is 0 Å². The summed E-state index contributed by atoms with van der Waals surface area (Å²) in [5.41, 5.74) is 0.818. The van der Waals surface area contributed by atoms with Crippen LogP contribution in [-0.4, -0.2) is 30.9 Å². The van der Waals surface area contributed by atoms with Gasteiger partial charge in [0.25, 0.3) is 0 Å². The minimum atomic E-state index is -0.600. The molecule has 0 fully saturated rings. The number of fused-ring (bicyclic) bond motifs is 1. The molecule has 2 N–H and O–H groups in total. The van der Waals surface area contributed by atoms with Crippen molar-refractivity contribution in [2.75, 3.05) is 25.0 Å². The van der Waals surface area contributed by atoms with E-state index < -0.39 is 6.09 Å². The molecule has 116 valence electrons. The first-order valence-corrected chi connectivity index (χ1v) is 7.55. The molecule has 0 aliphatic carbocycles. The molecule has 0 bridgehead atoms. The fraction of sp³-hybridized carbons (Fsp3) is 0.308. The lowest BCUT2D eigenvalue weighted by Crippen LogP contribution is -2.15. The van der Waals surface area contributed by atoms with E-state index in [9.17, 15) is 4.79 Å². The number of carbonyl (C=O) groups excluding carboxylic acids is 1. The average molecular weight is 322 g/mol. The molecule has 0 unspecified atom stereocenters. The number of anilines is 1. The number of aliphatic imine (C=N–C) groups is 1. The fourth-order valence-electron chi connectivity index (χ4n) is 1.68. The van der Waals surface area contributed by atoms with Crippen molar-refractivity contribution in [3.05, 3.63) is 12.1 Å². The van der Waals surface area contributed by atoms with E-state index >= 15 is 0 Å². The van der Waals surface area contributed by atoms with Gasteiger partial charge in [0, 0.05) is 12.1 Å². The van der Waals surface area contributed by atoms with E-state index in [1.807, 2.05) is 0 Å². The van der Waals surface area contributed by atoms with E-state index in [4.69, 9.17) is 19.5 Å². The molecule has 1 aliphatic heterocycles. The molecule has 0 radical (unpaired) electrons. The zero-order chi connectivity index (χ0) is 15.9. The van der Waals surface area contributed by atoms with Gasteiger partial charge in [-0.2, -0.15) is 5.26 Å². The van der Waals surface area contributed by atoms with Crippen LogP contribution in [-0.2, 0) is 4.74 Å². The Morgan fingerprint density at radius 1 is 1.50 bits per heavy atom. The zero-order valence-corrected chi connectivity index (χ0v) is 12.8. The lowest BCUT2D eigenvalue weighted by Gasteiger charge is -2.10. The van der Waals surface area contributed by atoms with Crippen molar-refractivity contribution >= 4 is 34.4 Å². The predicted octanol–water partition coefficient (Wildman–Crippen LogP) is 2.40. The van der Waals surface area contributed by atoms with E-state index in [2.05, 4.69) is 15.6 Å². The number of benzene rings is 1. The Morgan fingerprint density at radius 2 is 2.23 bits per heavy atom. The average Bonchev–Trinajstić information content (AvgIpc) is 2.94. The molecule has 1 aromatic carbocycles. The van der Waals surface area contributed by atoms with Crippen molar-refractivity contribution in [1.82, 2.24) is 5.32 Å².